The van der Waals surface area contributed by atoms with E-state index in [1.165, 1.54) is 19.1 Å². The normalized spacial score (nSPS) is 23.5. The number of nitrogens with zero attached hydrogens (tertiary/aromatic N) is 1. The standard InChI is InChI=1S/C9H20N2O2S2/c1-14-8-9-4-3-6-11(9)7-5-10-15(2,12)13/h9-10H,3-8H2,1-2H3/t9-/m1/s1. The average molecular weight is 252 g/mol. The number of rotatable bonds is 6. The quantitative estimate of drug-likeness (QED) is 0.742. The van der Waals surface area contributed by atoms with Gasteiger partial charge in [-0.05, 0) is 25.6 Å². The van der Waals surface area contributed by atoms with Gasteiger partial charge in [-0.25, -0.2) is 13.1 Å². The third-order valence-electron chi connectivity index (χ3n) is 2.62. The van der Waals surface area contributed by atoms with E-state index in [2.05, 4.69) is 15.9 Å². The van der Waals surface area contributed by atoms with E-state index in [1.54, 1.807) is 0 Å². The van der Waals surface area contributed by atoms with Crippen LogP contribution in [0, 0.1) is 0 Å². The van der Waals surface area contributed by atoms with E-state index in [0.29, 0.717) is 12.6 Å². The van der Waals surface area contributed by atoms with Crippen molar-refractivity contribution in [1.82, 2.24) is 9.62 Å². The Hall–Kier alpha value is 0.220. The Morgan fingerprint density at radius 1 is 1.53 bits per heavy atom. The highest BCUT2D eigenvalue weighted by Gasteiger charge is 2.23. The van der Waals surface area contributed by atoms with Crippen molar-refractivity contribution in [2.24, 2.45) is 0 Å². The van der Waals surface area contributed by atoms with E-state index in [1.807, 2.05) is 11.8 Å². The van der Waals surface area contributed by atoms with Crippen molar-refractivity contribution >= 4 is 21.8 Å². The molecule has 90 valence electrons. The fourth-order valence-electron chi connectivity index (χ4n) is 1.95. The second kappa shape index (κ2) is 6.08. The van der Waals surface area contributed by atoms with E-state index < -0.39 is 10.0 Å². The Morgan fingerprint density at radius 3 is 2.87 bits per heavy atom. The summed E-state index contributed by atoms with van der Waals surface area (Å²) in [5.41, 5.74) is 0. The molecule has 0 aromatic rings. The summed E-state index contributed by atoms with van der Waals surface area (Å²) in [6.07, 6.45) is 5.81. The Labute approximate surface area is 96.8 Å². The number of hydrogen-bond donors (Lipinski definition) is 1. The summed E-state index contributed by atoms with van der Waals surface area (Å²) in [5, 5.41) is 0. The maximum absolute atomic E-state index is 10.9. The van der Waals surface area contributed by atoms with Crippen LogP contribution in [0.4, 0.5) is 0 Å². The fraction of sp³-hybridized carbons (Fsp3) is 1.00. The Kier molecular flexibility index (Phi) is 5.38. The summed E-state index contributed by atoms with van der Waals surface area (Å²) >= 11 is 1.86. The lowest BCUT2D eigenvalue weighted by Gasteiger charge is -2.23. The van der Waals surface area contributed by atoms with Crippen LogP contribution in [-0.2, 0) is 10.0 Å². The molecule has 0 unspecified atom stereocenters. The van der Waals surface area contributed by atoms with Crippen LogP contribution in [0.25, 0.3) is 0 Å². The second-order valence-corrected chi connectivity index (χ2v) is 6.70. The molecule has 1 atom stereocenters. The van der Waals surface area contributed by atoms with Crippen LogP contribution in [0.3, 0.4) is 0 Å². The summed E-state index contributed by atoms with van der Waals surface area (Å²) in [6, 6.07) is 0.640. The molecule has 0 radical (unpaired) electrons. The molecule has 1 heterocycles. The van der Waals surface area contributed by atoms with Gasteiger partial charge in [0.25, 0.3) is 0 Å². The van der Waals surface area contributed by atoms with Crippen LogP contribution in [0.1, 0.15) is 12.8 Å². The molecule has 0 aromatic heterocycles. The number of likely N-dealkylation sites (tertiary alicyclic amines) is 1. The average Bonchev–Trinajstić information content (AvgIpc) is 2.51. The van der Waals surface area contributed by atoms with Gasteiger partial charge in [-0.3, -0.25) is 4.90 Å². The lowest BCUT2D eigenvalue weighted by Crippen LogP contribution is -2.38. The van der Waals surface area contributed by atoms with Crippen molar-refractivity contribution in [1.29, 1.82) is 0 Å². The predicted molar refractivity (Wildman–Crippen MR) is 65.8 cm³/mol. The predicted octanol–water partition coefficient (Wildman–Crippen LogP) is 0.363. The maximum Gasteiger partial charge on any atom is 0.208 e. The molecule has 1 N–H and O–H groups in total. The molecular weight excluding hydrogens is 232 g/mol. The number of sulfonamides is 1. The molecule has 15 heavy (non-hydrogen) atoms. The third-order valence-corrected chi connectivity index (χ3v) is 4.07. The van der Waals surface area contributed by atoms with E-state index in [4.69, 9.17) is 0 Å². The number of nitrogens with one attached hydrogen (secondary N) is 1. The number of hydrogen-bond acceptors (Lipinski definition) is 4. The van der Waals surface area contributed by atoms with Crippen molar-refractivity contribution in [2.75, 3.05) is 37.9 Å². The van der Waals surface area contributed by atoms with Gasteiger partial charge in [-0.15, -0.1) is 0 Å². The molecule has 4 nitrogen and oxygen atoms in total. The highest BCUT2D eigenvalue weighted by molar-refractivity contribution is 7.98. The zero-order valence-corrected chi connectivity index (χ0v) is 11.0. The summed E-state index contributed by atoms with van der Waals surface area (Å²) in [4.78, 5) is 2.38. The third kappa shape index (κ3) is 5.19. The summed E-state index contributed by atoms with van der Waals surface area (Å²) in [6.45, 7) is 2.47. The molecule has 1 aliphatic rings. The SMILES string of the molecule is CSC[C@H]1CCCN1CCNS(C)(=O)=O. The largest absolute Gasteiger partial charge is 0.298 e. The Balaban J connectivity index is 2.25. The van der Waals surface area contributed by atoms with Crippen molar-refractivity contribution in [3.8, 4) is 0 Å². The first kappa shape index (κ1) is 13.3. The summed E-state index contributed by atoms with van der Waals surface area (Å²) in [7, 11) is -3.03. The maximum atomic E-state index is 10.9. The minimum atomic E-state index is -3.03. The zero-order valence-electron chi connectivity index (χ0n) is 9.40. The van der Waals surface area contributed by atoms with E-state index >= 15 is 0 Å². The van der Waals surface area contributed by atoms with Crippen LogP contribution >= 0.6 is 11.8 Å². The van der Waals surface area contributed by atoms with Crippen molar-refractivity contribution in [3.63, 3.8) is 0 Å². The topological polar surface area (TPSA) is 49.4 Å². The van der Waals surface area contributed by atoms with Gasteiger partial charge in [0.15, 0.2) is 0 Å². The van der Waals surface area contributed by atoms with Gasteiger partial charge in [0, 0.05) is 24.9 Å². The molecule has 0 amide bonds. The molecule has 0 bridgehead atoms. The molecule has 0 aromatic carbocycles. The van der Waals surface area contributed by atoms with Crippen molar-refractivity contribution in [3.05, 3.63) is 0 Å². The number of thioether (sulfide) groups is 1. The molecular formula is C9H20N2O2S2. The molecule has 1 aliphatic heterocycles. The molecule has 0 saturated carbocycles. The lowest BCUT2D eigenvalue weighted by atomic mass is 10.2. The van der Waals surface area contributed by atoms with Crippen LogP contribution in [0.15, 0.2) is 0 Å². The van der Waals surface area contributed by atoms with E-state index in [9.17, 15) is 8.42 Å². The first-order valence-electron chi connectivity index (χ1n) is 5.20. The smallest absolute Gasteiger partial charge is 0.208 e. The van der Waals surface area contributed by atoms with Gasteiger partial charge in [0.05, 0.1) is 6.26 Å². The van der Waals surface area contributed by atoms with Crippen molar-refractivity contribution in [2.45, 2.75) is 18.9 Å². The Morgan fingerprint density at radius 2 is 2.27 bits per heavy atom. The van der Waals surface area contributed by atoms with Gasteiger partial charge in [0.1, 0.15) is 0 Å². The fourth-order valence-corrected chi connectivity index (χ4v) is 3.17. The minimum Gasteiger partial charge on any atom is -0.298 e. The van der Waals surface area contributed by atoms with Gasteiger partial charge in [-0.2, -0.15) is 11.8 Å². The van der Waals surface area contributed by atoms with Gasteiger partial charge < -0.3 is 0 Å². The molecule has 6 heteroatoms. The van der Waals surface area contributed by atoms with E-state index in [0.717, 1.165) is 18.8 Å². The van der Waals surface area contributed by atoms with Crippen LogP contribution in [0.2, 0.25) is 0 Å². The summed E-state index contributed by atoms with van der Waals surface area (Å²) < 4.78 is 24.3. The zero-order chi connectivity index (χ0) is 11.3. The van der Waals surface area contributed by atoms with Crippen LogP contribution in [-0.4, -0.2) is 57.3 Å². The second-order valence-electron chi connectivity index (χ2n) is 3.95. The molecule has 1 saturated heterocycles. The molecule has 0 spiro atoms. The highest BCUT2D eigenvalue weighted by Crippen LogP contribution is 2.19. The molecule has 0 aliphatic carbocycles. The first-order chi connectivity index (χ1) is 7.03. The lowest BCUT2D eigenvalue weighted by molar-refractivity contribution is 0.277. The van der Waals surface area contributed by atoms with Gasteiger partial charge in [-0.1, -0.05) is 0 Å². The molecule has 1 fully saturated rings. The minimum absolute atomic E-state index is 0.531. The van der Waals surface area contributed by atoms with E-state index in [-0.39, 0.29) is 0 Å². The van der Waals surface area contributed by atoms with Crippen molar-refractivity contribution < 1.29 is 8.42 Å². The van der Waals surface area contributed by atoms with Gasteiger partial charge in [0.2, 0.25) is 10.0 Å². The van der Waals surface area contributed by atoms with Gasteiger partial charge >= 0.3 is 0 Å². The Bertz CT molecular complexity index is 280. The first-order valence-corrected chi connectivity index (χ1v) is 8.49. The van der Waals surface area contributed by atoms with Crippen LogP contribution < -0.4 is 4.72 Å². The molecule has 1 rings (SSSR count). The van der Waals surface area contributed by atoms with Crippen LogP contribution in [0.5, 0.6) is 0 Å². The summed E-state index contributed by atoms with van der Waals surface area (Å²) in [5.74, 6) is 1.15. The monoisotopic (exact) mass is 252 g/mol. The highest BCUT2D eigenvalue weighted by atomic mass is 32.2.